The third kappa shape index (κ3) is 4.72. The number of hydrogen-bond donors (Lipinski definition) is 1. The van der Waals surface area contributed by atoms with E-state index in [0.29, 0.717) is 39.8 Å². The lowest BCUT2D eigenvalue weighted by atomic mass is 10.2. The molecule has 0 aliphatic heterocycles. The van der Waals surface area contributed by atoms with E-state index >= 15 is 0 Å². The second-order valence-electron chi connectivity index (χ2n) is 6.91. The summed E-state index contributed by atoms with van der Waals surface area (Å²) in [5, 5.41) is 0.571. The van der Waals surface area contributed by atoms with Gasteiger partial charge in [0.05, 0.1) is 27.3 Å². The van der Waals surface area contributed by atoms with Gasteiger partial charge in [0.1, 0.15) is 12.4 Å². The first-order valence-electron chi connectivity index (χ1n) is 9.61. The van der Waals surface area contributed by atoms with Crippen LogP contribution in [0.25, 0.3) is 10.2 Å². The molecule has 0 aliphatic rings. The molecule has 0 aliphatic carbocycles. The standard InChI is InChI=1S/C23H19ClN2O4S2/c1-2-12-30-18-8-5-7-17(13-18)25-32(28,29)19-10-11-21-22(14-19)31-23(27)26(21)15-16-6-3-4-9-20(16)24/h2-11,13-14,25H,1,12,15H2. The van der Waals surface area contributed by atoms with Gasteiger partial charge in [-0.05, 0) is 42.0 Å². The maximum Gasteiger partial charge on any atom is 0.308 e. The van der Waals surface area contributed by atoms with E-state index in [9.17, 15) is 13.2 Å². The molecule has 164 valence electrons. The quantitative estimate of drug-likeness (QED) is 0.350. The minimum absolute atomic E-state index is 0.0635. The number of hydrogen-bond acceptors (Lipinski definition) is 5. The second kappa shape index (κ2) is 9.20. The van der Waals surface area contributed by atoms with Crippen molar-refractivity contribution < 1.29 is 13.2 Å². The van der Waals surface area contributed by atoms with Crippen molar-refractivity contribution in [2.45, 2.75) is 11.4 Å². The molecule has 32 heavy (non-hydrogen) atoms. The van der Waals surface area contributed by atoms with Crippen molar-refractivity contribution in [3.8, 4) is 5.75 Å². The summed E-state index contributed by atoms with van der Waals surface area (Å²) < 4.78 is 36.0. The van der Waals surface area contributed by atoms with Crippen LogP contribution in [0.2, 0.25) is 5.02 Å². The molecule has 1 heterocycles. The van der Waals surface area contributed by atoms with Gasteiger partial charge in [-0.25, -0.2) is 8.42 Å². The molecule has 1 aromatic heterocycles. The SMILES string of the molecule is C=CCOc1cccc(NS(=O)(=O)c2ccc3c(c2)sc(=O)n3Cc2ccccc2Cl)c1. The molecular formula is C23H19ClN2O4S2. The Bertz CT molecular complexity index is 1460. The predicted molar refractivity (Wildman–Crippen MR) is 130 cm³/mol. The van der Waals surface area contributed by atoms with E-state index < -0.39 is 10.0 Å². The van der Waals surface area contributed by atoms with Gasteiger partial charge in [-0.2, -0.15) is 0 Å². The Labute approximate surface area is 194 Å². The van der Waals surface area contributed by atoms with Crippen molar-refractivity contribution in [1.29, 1.82) is 0 Å². The van der Waals surface area contributed by atoms with Crippen LogP contribution in [0.5, 0.6) is 5.75 Å². The Morgan fingerprint density at radius 2 is 1.91 bits per heavy atom. The predicted octanol–water partition coefficient (Wildman–Crippen LogP) is 5.13. The molecule has 6 nitrogen and oxygen atoms in total. The van der Waals surface area contributed by atoms with Crippen molar-refractivity contribution >= 4 is 48.9 Å². The van der Waals surface area contributed by atoms with Crippen LogP contribution in [0.4, 0.5) is 5.69 Å². The summed E-state index contributed by atoms with van der Waals surface area (Å²) in [6, 6.07) is 18.6. The first kappa shape index (κ1) is 22.1. The lowest BCUT2D eigenvalue weighted by molar-refractivity contribution is 0.363. The largest absolute Gasteiger partial charge is 0.489 e. The van der Waals surface area contributed by atoms with Gasteiger partial charge in [-0.3, -0.25) is 14.1 Å². The fraction of sp³-hybridized carbons (Fsp3) is 0.0870. The summed E-state index contributed by atoms with van der Waals surface area (Å²) in [5.41, 5.74) is 1.84. The highest BCUT2D eigenvalue weighted by Gasteiger charge is 2.18. The highest BCUT2D eigenvalue weighted by molar-refractivity contribution is 7.92. The number of anilines is 1. The number of aromatic nitrogens is 1. The van der Waals surface area contributed by atoms with Crippen LogP contribution in [-0.4, -0.2) is 19.6 Å². The maximum absolute atomic E-state index is 12.9. The molecule has 1 N–H and O–H groups in total. The topological polar surface area (TPSA) is 77.4 Å². The van der Waals surface area contributed by atoms with Crippen LogP contribution < -0.4 is 14.3 Å². The average molecular weight is 487 g/mol. The Hall–Kier alpha value is -3.07. The van der Waals surface area contributed by atoms with Gasteiger partial charge in [0.2, 0.25) is 0 Å². The zero-order valence-corrected chi connectivity index (χ0v) is 19.2. The number of sulfonamides is 1. The maximum atomic E-state index is 12.9. The highest BCUT2D eigenvalue weighted by atomic mass is 35.5. The number of rotatable bonds is 8. The van der Waals surface area contributed by atoms with Crippen LogP contribution in [0.1, 0.15) is 5.56 Å². The van der Waals surface area contributed by atoms with Gasteiger partial charge in [0.15, 0.2) is 0 Å². The van der Waals surface area contributed by atoms with Crippen molar-refractivity contribution in [3.63, 3.8) is 0 Å². The first-order chi connectivity index (χ1) is 15.4. The van der Waals surface area contributed by atoms with Crippen LogP contribution in [0, 0.1) is 0 Å². The molecule has 0 amide bonds. The summed E-state index contributed by atoms with van der Waals surface area (Å²) in [5.74, 6) is 0.524. The number of thiazole rings is 1. The lowest BCUT2D eigenvalue weighted by Gasteiger charge is -2.10. The summed E-state index contributed by atoms with van der Waals surface area (Å²) in [7, 11) is -3.86. The molecule has 0 spiro atoms. The van der Waals surface area contributed by atoms with E-state index in [4.69, 9.17) is 16.3 Å². The molecule has 0 saturated heterocycles. The average Bonchev–Trinajstić information content (AvgIpc) is 3.08. The van der Waals surface area contributed by atoms with E-state index in [-0.39, 0.29) is 9.77 Å². The van der Waals surface area contributed by atoms with Crippen molar-refractivity contribution in [3.05, 3.63) is 99.6 Å². The van der Waals surface area contributed by atoms with E-state index in [1.54, 1.807) is 47.0 Å². The molecule has 0 radical (unpaired) electrons. The van der Waals surface area contributed by atoms with Crippen molar-refractivity contribution in [1.82, 2.24) is 4.57 Å². The zero-order valence-electron chi connectivity index (χ0n) is 16.8. The van der Waals surface area contributed by atoms with Gasteiger partial charge in [-0.15, -0.1) is 0 Å². The second-order valence-corrected chi connectivity index (χ2v) is 9.99. The van der Waals surface area contributed by atoms with Crippen LogP contribution in [0.3, 0.4) is 0 Å². The molecule has 3 aromatic carbocycles. The van der Waals surface area contributed by atoms with Gasteiger partial charge >= 0.3 is 4.87 Å². The molecular weight excluding hydrogens is 468 g/mol. The number of fused-ring (bicyclic) bond motifs is 1. The van der Waals surface area contributed by atoms with Gasteiger partial charge in [0, 0.05) is 11.1 Å². The monoisotopic (exact) mass is 486 g/mol. The molecule has 0 bridgehead atoms. The summed E-state index contributed by atoms with van der Waals surface area (Å²) in [6.07, 6.45) is 1.61. The van der Waals surface area contributed by atoms with Crippen LogP contribution in [-0.2, 0) is 16.6 Å². The molecule has 9 heteroatoms. The summed E-state index contributed by atoms with van der Waals surface area (Å²) in [4.78, 5) is 12.5. The minimum atomic E-state index is -3.86. The zero-order chi connectivity index (χ0) is 22.7. The number of nitrogens with one attached hydrogen (secondary N) is 1. The van der Waals surface area contributed by atoms with Crippen molar-refractivity contribution in [2.24, 2.45) is 0 Å². The number of ether oxygens (including phenoxy) is 1. The van der Waals surface area contributed by atoms with Crippen LogP contribution in [0.15, 0.2) is 89.1 Å². The molecule has 0 saturated carbocycles. The van der Waals surface area contributed by atoms with E-state index in [0.717, 1.165) is 16.9 Å². The van der Waals surface area contributed by atoms with Crippen LogP contribution >= 0.6 is 22.9 Å². The molecule has 4 aromatic rings. The Balaban J connectivity index is 1.63. The smallest absolute Gasteiger partial charge is 0.308 e. The fourth-order valence-corrected chi connectivity index (χ4v) is 5.45. The normalized spacial score (nSPS) is 11.4. The molecule has 4 rings (SSSR count). The Morgan fingerprint density at radius 3 is 2.69 bits per heavy atom. The number of benzene rings is 3. The molecule has 0 fully saturated rings. The Kier molecular flexibility index (Phi) is 6.36. The summed E-state index contributed by atoms with van der Waals surface area (Å²) in [6.45, 7) is 4.21. The van der Waals surface area contributed by atoms with Gasteiger partial charge in [0.25, 0.3) is 10.0 Å². The van der Waals surface area contributed by atoms with Gasteiger partial charge in [-0.1, -0.05) is 59.9 Å². The van der Waals surface area contributed by atoms with Crippen molar-refractivity contribution in [2.75, 3.05) is 11.3 Å². The van der Waals surface area contributed by atoms with E-state index in [2.05, 4.69) is 11.3 Å². The lowest BCUT2D eigenvalue weighted by Crippen LogP contribution is -2.14. The Morgan fingerprint density at radius 1 is 1.09 bits per heavy atom. The van der Waals surface area contributed by atoms with Gasteiger partial charge < -0.3 is 4.74 Å². The summed E-state index contributed by atoms with van der Waals surface area (Å²) >= 11 is 7.23. The van der Waals surface area contributed by atoms with E-state index in [1.807, 2.05) is 18.2 Å². The highest BCUT2D eigenvalue weighted by Crippen LogP contribution is 2.26. The number of nitrogens with zero attached hydrogens (tertiary/aromatic N) is 1. The van der Waals surface area contributed by atoms with E-state index in [1.165, 1.54) is 12.1 Å². The number of halogens is 1. The third-order valence-corrected chi connectivity index (χ3v) is 7.38. The minimum Gasteiger partial charge on any atom is -0.489 e. The third-order valence-electron chi connectivity index (χ3n) is 4.69. The first-order valence-corrected chi connectivity index (χ1v) is 12.3. The fourth-order valence-electron chi connectivity index (χ4n) is 3.18. The molecule has 0 unspecified atom stereocenters. The molecule has 0 atom stereocenters.